The van der Waals surface area contributed by atoms with Crippen LogP contribution in [0.4, 0.5) is 4.79 Å². The van der Waals surface area contributed by atoms with Gasteiger partial charge < -0.3 is 20.6 Å². The van der Waals surface area contributed by atoms with Gasteiger partial charge in [0, 0.05) is 32.6 Å². The van der Waals surface area contributed by atoms with E-state index in [1.165, 1.54) is 0 Å². The summed E-state index contributed by atoms with van der Waals surface area (Å²) in [6, 6.07) is 8.08. The molecular weight excluding hydrogens is 258 g/mol. The lowest BCUT2D eigenvalue weighted by Crippen LogP contribution is -2.54. The molecule has 20 heavy (non-hydrogen) atoms. The van der Waals surface area contributed by atoms with E-state index in [0.29, 0.717) is 13.1 Å². The summed E-state index contributed by atoms with van der Waals surface area (Å²) in [5, 5.41) is 15.0. The third-order valence-corrected chi connectivity index (χ3v) is 3.28. The van der Waals surface area contributed by atoms with Crippen LogP contribution in [0.25, 0.3) is 0 Å². The van der Waals surface area contributed by atoms with Gasteiger partial charge in [0.15, 0.2) is 0 Å². The first-order valence-electron chi connectivity index (χ1n) is 6.69. The van der Waals surface area contributed by atoms with Gasteiger partial charge in [-0.2, -0.15) is 0 Å². The molecule has 1 saturated heterocycles. The van der Waals surface area contributed by atoms with E-state index >= 15 is 0 Å². The molecule has 0 aromatic heterocycles. The molecule has 2 rings (SSSR count). The average molecular weight is 277 g/mol. The van der Waals surface area contributed by atoms with Gasteiger partial charge in [0.05, 0.1) is 0 Å². The van der Waals surface area contributed by atoms with E-state index in [9.17, 15) is 14.7 Å². The first-order valence-corrected chi connectivity index (χ1v) is 6.69. The molecule has 0 saturated carbocycles. The van der Waals surface area contributed by atoms with Crippen molar-refractivity contribution in [2.24, 2.45) is 0 Å². The number of carboxylic acid groups (broad SMARTS) is 1. The van der Waals surface area contributed by atoms with Crippen LogP contribution in [-0.4, -0.2) is 54.2 Å². The van der Waals surface area contributed by atoms with E-state index in [1.54, 1.807) is 4.90 Å². The van der Waals surface area contributed by atoms with Gasteiger partial charge in [-0.05, 0) is 5.56 Å². The highest BCUT2D eigenvalue weighted by Crippen LogP contribution is 2.04. The SMILES string of the molecule is O=C(O)[C@@H](Cc1ccccc1)NC(=O)N1CCNCC1. The van der Waals surface area contributed by atoms with Gasteiger partial charge in [0.25, 0.3) is 0 Å². The highest BCUT2D eigenvalue weighted by molar-refractivity contribution is 5.82. The van der Waals surface area contributed by atoms with Gasteiger partial charge in [0.1, 0.15) is 6.04 Å². The monoisotopic (exact) mass is 277 g/mol. The lowest BCUT2D eigenvalue weighted by atomic mass is 10.1. The maximum absolute atomic E-state index is 12.0. The Kier molecular flexibility index (Phi) is 4.95. The van der Waals surface area contributed by atoms with Gasteiger partial charge in [-0.1, -0.05) is 30.3 Å². The Balaban J connectivity index is 1.95. The summed E-state index contributed by atoms with van der Waals surface area (Å²) in [5.41, 5.74) is 0.889. The van der Waals surface area contributed by atoms with Gasteiger partial charge in [-0.15, -0.1) is 0 Å². The predicted molar refractivity (Wildman–Crippen MR) is 74.5 cm³/mol. The standard InChI is InChI=1S/C14H19N3O3/c18-13(19)12(10-11-4-2-1-3-5-11)16-14(20)17-8-6-15-7-9-17/h1-5,12,15H,6-10H2,(H,16,20)(H,18,19)/t12-/m1/s1. The lowest BCUT2D eigenvalue weighted by Gasteiger charge is -2.28. The van der Waals surface area contributed by atoms with Crippen molar-refractivity contribution in [1.29, 1.82) is 0 Å². The molecule has 6 heteroatoms. The predicted octanol–water partition coefficient (Wildman–Crippen LogP) is 0.297. The molecule has 2 amide bonds. The summed E-state index contributed by atoms with van der Waals surface area (Å²) in [7, 11) is 0. The summed E-state index contributed by atoms with van der Waals surface area (Å²) >= 11 is 0. The van der Waals surface area contributed by atoms with E-state index < -0.39 is 12.0 Å². The second-order valence-corrected chi connectivity index (χ2v) is 4.77. The van der Waals surface area contributed by atoms with Crippen molar-refractivity contribution in [1.82, 2.24) is 15.5 Å². The summed E-state index contributed by atoms with van der Waals surface area (Å²) in [4.78, 5) is 24.9. The molecule has 1 aromatic carbocycles. The molecule has 0 spiro atoms. The zero-order valence-electron chi connectivity index (χ0n) is 11.2. The quantitative estimate of drug-likeness (QED) is 0.739. The molecule has 1 atom stereocenters. The van der Waals surface area contributed by atoms with Crippen molar-refractivity contribution in [2.75, 3.05) is 26.2 Å². The summed E-state index contributed by atoms with van der Waals surface area (Å²) < 4.78 is 0. The van der Waals surface area contributed by atoms with Gasteiger partial charge in [-0.3, -0.25) is 0 Å². The number of nitrogens with one attached hydrogen (secondary N) is 2. The van der Waals surface area contributed by atoms with Crippen molar-refractivity contribution in [3.63, 3.8) is 0 Å². The molecular formula is C14H19N3O3. The molecule has 0 aliphatic carbocycles. The molecule has 0 radical (unpaired) electrons. The number of nitrogens with zero attached hydrogens (tertiary/aromatic N) is 1. The van der Waals surface area contributed by atoms with Crippen LogP contribution in [0.5, 0.6) is 0 Å². The van der Waals surface area contributed by atoms with E-state index in [1.807, 2.05) is 30.3 Å². The maximum atomic E-state index is 12.0. The van der Waals surface area contributed by atoms with Crippen LogP contribution in [0.15, 0.2) is 30.3 Å². The second-order valence-electron chi connectivity index (χ2n) is 4.77. The zero-order chi connectivity index (χ0) is 14.4. The Morgan fingerprint density at radius 1 is 1.25 bits per heavy atom. The number of aliphatic carboxylic acids is 1. The number of hydrogen-bond donors (Lipinski definition) is 3. The minimum atomic E-state index is -1.02. The molecule has 3 N–H and O–H groups in total. The number of carbonyl (C=O) groups is 2. The number of benzene rings is 1. The third kappa shape index (κ3) is 3.96. The molecule has 6 nitrogen and oxygen atoms in total. The Labute approximate surface area is 117 Å². The fourth-order valence-corrected chi connectivity index (χ4v) is 2.16. The molecule has 1 heterocycles. The summed E-state index contributed by atoms with van der Waals surface area (Å²) in [6.45, 7) is 2.68. The van der Waals surface area contributed by atoms with Gasteiger partial charge in [0.2, 0.25) is 0 Å². The molecule has 1 aromatic rings. The number of hydrogen-bond acceptors (Lipinski definition) is 3. The highest BCUT2D eigenvalue weighted by atomic mass is 16.4. The van der Waals surface area contributed by atoms with E-state index in [0.717, 1.165) is 18.7 Å². The Morgan fingerprint density at radius 2 is 1.90 bits per heavy atom. The van der Waals surface area contributed by atoms with E-state index in [2.05, 4.69) is 10.6 Å². The molecule has 0 unspecified atom stereocenters. The molecule has 108 valence electrons. The number of amides is 2. The second kappa shape index (κ2) is 6.91. The summed E-state index contributed by atoms with van der Waals surface area (Å²) in [6.07, 6.45) is 0.286. The maximum Gasteiger partial charge on any atom is 0.326 e. The van der Waals surface area contributed by atoms with Gasteiger partial charge >= 0.3 is 12.0 Å². The molecule has 1 fully saturated rings. The van der Waals surface area contributed by atoms with Crippen LogP contribution < -0.4 is 10.6 Å². The fourth-order valence-electron chi connectivity index (χ4n) is 2.16. The first kappa shape index (κ1) is 14.3. The van der Waals surface area contributed by atoms with Gasteiger partial charge in [-0.25, -0.2) is 9.59 Å². The number of carbonyl (C=O) groups excluding carboxylic acids is 1. The molecule has 0 bridgehead atoms. The first-order chi connectivity index (χ1) is 9.66. The Morgan fingerprint density at radius 3 is 2.50 bits per heavy atom. The Bertz CT molecular complexity index is 458. The lowest BCUT2D eigenvalue weighted by molar-refractivity contribution is -0.139. The number of carboxylic acids is 1. The zero-order valence-corrected chi connectivity index (χ0v) is 11.2. The van der Waals surface area contributed by atoms with Crippen molar-refractivity contribution in [2.45, 2.75) is 12.5 Å². The van der Waals surface area contributed by atoms with Crippen LogP contribution in [0, 0.1) is 0 Å². The highest BCUT2D eigenvalue weighted by Gasteiger charge is 2.24. The van der Waals surface area contributed by atoms with Crippen molar-refractivity contribution >= 4 is 12.0 Å². The normalized spacial score (nSPS) is 16.5. The minimum Gasteiger partial charge on any atom is -0.480 e. The van der Waals surface area contributed by atoms with Crippen molar-refractivity contribution < 1.29 is 14.7 Å². The Hall–Kier alpha value is -2.08. The number of piperazine rings is 1. The number of urea groups is 1. The van der Waals surface area contributed by atoms with Crippen LogP contribution >= 0.6 is 0 Å². The topological polar surface area (TPSA) is 81.7 Å². The molecule has 1 aliphatic rings. The third-order valence-electron chi connectivity index (χ3n) is 3.28. The molecule has 1 aliphatic heterocycles. The van der Waals surface area contributed by atoms with Crippen LogP contribution in [-0.2, 0) is 11.2 Å². The van der Waals surface area contributed by atoms with Crippen molar-refractivity contribution in [3.8, 4) is 0 Å². The largest absolute Gasteiger partial charge is 0.480 e. The van der Waals surface area contributed by atoms with Crippen molar-refractivity contribution in [3.05, 3.63) is 35.9 Å². The fraction of sp³-hybridized carbons (Fsp3) is 0.429. The average Bonchev–Trinajstić information content (AvgIpc) is 2.48. The van der Waals surface area contributed by atoms with E-state index in [-0.39, 0.29) is 12.5 Å². The van der Waals surface area contributed by atoms with Crippen LogP contribution in [0.2, 0.25) is 0 Å². The summed E-state index contributed by atoms with van der Waals surface area (Å²) in [5.74, 6) is -1.02. The minimum absolute atomic E-state index is 0.286. The smallest absolute Gasteiger partial charge is 0.326 e. The number of rotatable bonds is 4. The van der Waals surface area contributed by atoms with Crippen LogP contribution in [0.3, 0.4) is 0 Å². The van der Waals surface area contributed by atoms with Crippen LogP contribution in [0.1, 0.15) is 5.56 Å². The van der Waals surface area contributed by atoms with E-state index in [4.69, 9.17) is 0 Å².